The third kappa shape index (κ3) is 15.1. The fourth-order valence-electron chi connectivity index (χ4n) is 9.26. The largest absolute Gasteiger partial charge is 0.370 e. The number of benzene rings is 3. The first kappa shape index (κ1) is 53.5. The maximum atomic E-state index is 14.6. The minimum Gasteiger partial charge on any atom is -0.370 e. The molecule has 384 valence electrons. The molecular formula is C51H66N12O9. The first-order valence-corrected chi connectivity index (χ1v) is 24.5. The number of rotatable bonds is 13. The lowest BCUT2D eigenvalue weighted by atomic mass is 10.0. The third-order valence-electron chi connectivity index (χ3n) is 13.0. The van der Waals surface area contributed by atoms with E-state index >= 15 is 0 Å². The molecule has 3 heterocycles. The van der Waals surface area contributed by atoms with Crippen LogP contribution in [-0.2, 0) is 62.4 Å². The van der Waals surface area contributed by atoms with E-state index in [0.717, 1.165) is 5.56 Å². The molecule has 1 unspecified atom stereocenters. The Balaban J connectivity index is 1.38. The fraction of sp³-hybridized carbons (Fsp3) is 0.451. The lowest BCUT2D eigenvalue weighted by molar-refractivity contribution is -0.148. The van der Waals surface area contributed by atoms with E-state index < -0.39 is 108 Å². The van der Waals surface area contributed by atoms with Crippen molar-refractivity contribution in [3.8, 4) is 0 Å². The molecule has 3 aliphatic rings. The molecule has 6 rings (SSSR count). The normalized spacial score (nSPS) is 25.1. The molecule has 3 aromatic carbocycles. The highest BCUT2D eigenvalue weighted by atomic mass is 16.2. The molecule has 0 aromatic heterocycles. The van der Waals surface area contributed by atoms with Gasteiger partial charge in [0.15, 0.2) is 5.96 Å². The van der Waals surface area contributed by atoms with E-state index in [1.165, 1.54) is 16.7 Å². The van der Waals surface area contributed by atoms with Crippen LogP contribution in [0.2, 0.25) is 0 Å². The number of aryl methyl sites for hydroxylation is 1. The highest BCUT2D eigenvalue weighted by Gasteiger charge is 2.44. The summed E-state index contributed by atoms with van der Waals surface area (Å²) in [7, 11) is 0. The Labute approximate surface area is 418 Å². The monoisotopic (exact) mass is 991 g/mol. The molecule has 9 amide bonds. The van der Waals surface area contributed by atoms with Gasteiger partial charge in [0.2, 0.25) is 53.2 Å². The number of guanidine groups is 1. The van der Waals surface area contributed by atoms with Crippen LogP contribution in [0.1, 0.15) is 75.0 Å². The summed E-state index contributed by atoms with van der Waals surface area (Å²) < 4.78 is 0. The number of nitrogens with two attached hydrogens (primary N) is 3. The van der Waals surface area contributed by atoms with Crippen LogP contribution in [-0.4, -0.2) is 137 Å². The first-order chi connectivity index (χ1) is 34.6. The maximum Gasteiger partial charge on any atom is 0.246 e. The molecule has 3 saturated heterocycles. The minimum absolute atomic E-state index is 0.00784. The number of primary amides is 1. The van der Waals surface area contributed by atoms with Gasteiger partial charge in [-0.25, -0.2) is 0 Å². The summed E-state index contributed by atoms with van der Waals surface area (Å²) in [6.07, 6.45) is 1.24. The molecule has 21 heteroatoms. The second-order valence-corrected chi connectivity index (χ2v) is 18.4. The number of nitrogens with one attached hydrogen (secondary N) is 6. The smallest absolute Gasteiger partial charge is 0.246 e. The van der Waals surface area contributed by atoms with Crippen molar-refractivity contribution in [2.24, 2.45) is 22.2 Å². The summed E-state index contributed by atoms with van der Waals surface area (Å²) in [6.45, 7) is 1.86. The predicted molar refractivity (Wildman–Crippen MR) is 266 cm³/mol. The van der Waals surface area contributed by atoms with E-state index in [0.29, 0.717) is 24.0 Å². The Hall–Kier alpha value is -7.84. The molecule has 72 heavy (non-hydrogen) atoms. The van der Waals surface area contributed by atoms with Gasteiger partial charge < -0.3 is 58.9 Å². The van der Waals surface area contributed by atoms with E-state index in [-0.39, 0.29) is 77.0 Å². The summed E-state index contributed by atoms with van der Waals surface area (Å²) in [5.41, 5.74) is 18.9. The van der Waals surface area contributed by atoms with Crippen molar-refractivity contribution in [3.63, 3.8) is 0 Å². The van der Waals surface area contributed by atoms with Crippen LogP contribution < -0.4 is 49.1 Å². The summed E-state index contributed by atoms with van der Waals surface area (Å²) in [5.74, 6) is -6.89. The number of nitrogens with zero attached hydrogens (tertiary/aromatic N) is 3. The van der Waals surface area contributed by atoms with Crippen LogP contribution in [0.25, 0.3) is 0 Å². The Kier molecular flexibility index (Phi) is 19.2. The van der Waals surface area contributed by atoms with E-state index in [2.05, 4.69) is 36.9 Å². The standard InChI is InChI=1S/C51H66N12O9/c1-31-43(65)61-39(29-34-18-9-4-10-19-34)49(71)63-27-13-22-41(63)50(72)62-26-12-21-40(62)48(70)58-35(20-11-25-55-51(53)54)44(66)59-37(28-33-16-7-3-8-17-33)47(69)57-36(24-23-32-14-5-2-6-15-32)45(67)60-38(30-42(52)64)46(68)56-31/h2-10,14-19,31,35-41H,11-13,20-30H2,1H3,(H2,52,64)(H,56,68)(H,57,69)(H,58,70)(H,59,66)(H,60,67)(H,61,65)(H4,53,54,55)/t31-,35-,36?,37-,38-,39-,40-,41+/m0/s1. The zero-order valence-electron chi connectivity index (χ0n) is 40.4. The van der Waals surface area contributed by atoms with Gasteiger partial charge in [0.05, 0.1) is 6.42 Å². The molecule has 0 bridgehead atoms. The Bertz CT molecular complexity index is 2440. The highest BCUT2D eigenvalue weighted by molar-refractivity contribution is 6.00. The second kappa shape index (κ2) is 25.9. The van der Waals surface area contributed by atoms with Gasteiger partial charge >= 0.3 is 0 Å². The molecule has 0 spiro atoms. The zero-order valence-corrected chi connectivity index (χ0v) is 40.4. The Morgan fingerprint density at radius 3 is 1.57 bits per heavy atom. The summed E-state index contributed by atoms with van der Waals surface area (Å²) in [6, 6.07) is 16.7. The minimum atomic E-state index is -1.62. The molecule has 0 aliphatic carbocycles. The van der Waals surface area contributed by atoms with Gasteiger partial charge in [0, 0.05) is 32.5 Å². The number of carbonyl (C=O) groups excluding carboxylic acids is 9. The fourth-order valence-corrected chi connectivity index (χ4v) is 9.26. The lowest BCUT2D eigenvalue weighted by Gasteiger charge is -2.33. The van der Waals surface area contributed by atoms with Gasteiger partial charge in [0.1, 0.15) is 48.3 Å². The molecule has 0 saturated carbocycles. The number of carbonyl (C=O) groups is 9. The summed E-state index contributed by atoms with van der Waals surface area (Å²) in [4.78, 5) is 134. The average Bonchev–Trinajstić information content (AvgIpc) is 4.07. The highest BCUT2D eigenvalue weighted by Crippen LogP contribution is 2.26. The van der Waals surface area contributed by atoms with Gasteiger partial charge in [-0.3, -0.25) is 48.1 Å². The molecule has 3 fully saturated rings. The molecule has 21 nitrogen and oxygen atoms in total. The zero-order chi connectivity index (χ0) is 51.7. The SMILES string of the molecule is C[C@@H]1NC(=O)[C@H](CC(N)=O)NC(=O)C(CCc2ccccc2)NC(=O)[C@H](Cc2ccccc2)NC(=O)[C@H](CCCN=C(N)N)NC(=O)[C@@H]2CCCN2C(=O)[C@H]2CCCN2C(=O)[C@H](Cc2ccccc2)NC1=O. The van der Waals surface area contributed by atoms with Gasteiger partial charge in [0.25, 0.3) is 0 Å². The van der Waals surface area contributed by atoms with E-state index in [1.807, 2.05) is 30.3 Å². The molecule has 3 aliphatic heterocycles. The number of aliphatic imine (C=N–C) groups is 1. The van der Waals surface area contributed by atoms with Crippen LogP contribution in [0.3, 0.4) is 0 Å². The topological polar surface area (TPSA) is 323 Å². The van der Waals surface area contributed by atoms with E-state index in [1.54, 1.807) is 60.7 Å². The van der Waals surface area contributed by atoms with Gasteiger partial charge in [-0.05, 0) is 75.0 Å². The van der Waals surface area contributed by atoms with Crippen molar-refractivity contribution in [3.05, 3.63) is 108 Å². The first-order valence-electron chi connectivity index (χ1n) is 24.5. The quantitative estimate of drug-likeness (QED) is 0.0566. The third-order valence-corrected chi connectivity index (χ3v) is 13.0. The maximum absolute atomic E-state index is 14.6. The van der Waals surface area contributed by atoms with Crippen molar-refractivity contribution < 1.29 is 43.2 Å². The van der Waals surface area contributed by atoms with Crippen molar-refractivity contribution >= 4 is 59.1 Å². The molecular weight excluding hydrogens is 925 g/mol. The van der Waals surface area contributed by atoms with Crippen molar-refractivity contribution in [2.75, 3.05) is 19.6 Å². The van der Waals surface area contributed by atoms with Crippen molar-refractivity contribution in [2.45, 2.75) is 126 Å². The van der Waals surface area contributed by atoms with E-state index in [4.69, 9.17) is 17.2 Å². The van der Waals surface area contributed by atoms with Crippen LogP contribution in [0.15, 0.2) is 96.0 Å². The summed E-state index contributed by atoms with van der Waals surface area (Å²) >= 11 is 0. The lowest BCUT2D eigenvalue weighted by Crippen LogP contribution is -2.61. The van der Waals surface area contributed by atoms with Gasteiger partial charge in [-0.15, -0.1) is 0 Å². The number of amides is 9. The van der Waals surface area contributed by atoms with Crippen LogP contribution in [0.5, 0.6) is 0 Å². The molecule has 12 N–H and O–H groups in total. The van der Waals surface area contributed by atoms with E-state index in [9.17, 15) is 43.2 Å². The van der Waals surface area contributed by atoms with Crippen LogP contribution in [0.4, 0.5) is 0 Å². The van der Waals surface area contributed by atoms with Crippen LogP contribution in [0, 0.1) is 0 Å². The average molecular weight is 991 g/mol. The molecule has 8 atom stereocenters. The summed E-state index contributed by atoms with van der Waals surface area (Å²) in [5, 5.41) is 16.2. The second-order valence-electron chi connectivity index (χ2n) is 18.4. The molecule has 3 aromatic rings. The van der Waals surface area contributed by atoms with Gasteiger partial charge in [-0.2, -0.15) is 0 Å². The van der Waals surface area contributed by atoms with Crippen molar-refractivity contribution in [1.29, 1.82) is 0 Å². The van der Waals surface area contributed by atoms with Gasteiger partial charge in [-0.1, -0.05) is 91.0 Å². The number of hydrogen-bond donors (Lipinski definition) is 9. The number of fused-ring (bicyclic) bond motifs is 2. The molecule has 0 radical (unpaired) electrons. The predicted octanol–water partition coefficient (Wildman–Crippen LogP) is -1.04. The Morgan fingerprint density at radius 2 is 0.986 bits per heavy atom. The Morgan fingerprint density at radius 1 is 0.528 bits per heavy atom. The number of hydrogen-bond acceptors (Lipinski definition) is 10. The van der Waals surface area contributed by atoms with Crippen LogP contribution >= 0.6 is 0 Å². The van der Waals surface area contributed by atoms with Crippen molar-refractivity contribution in [1.82, 2.24) is 41.7 Å².